The molecule has 0 aliphatic rings. The third-order valence-electron chi connectivity index (χ3n) is 2.36. The number of alkyl carbamates (subject to hydrolysis) is 1. The number of rotatable bonds is 6. The molecule has 1 rings (SSSR count). The minimum atomic E-state index is -0.541. The summed E-state index contributed by atoms with van der Waals surface area (Å²) >= 11 is 0. The van der Waals surface area contributed by atoms with Crippen molar-refractivity contribution in [2.24, 2.45) is 0 Å². The van der Waals surface area contributed by atoms with Gasteiger partial charge >= 0.3 is 12.1 Å². The average Bonchev–Trinajstić information content (AvgIpc) is 2.37. The molecule has 0 aliphatic carbocycles. The fourth-order valence-electron chi connectivity index (χ4n) is 1.49. The summed E-state index contributed by atoms with van der Waals surface area (Å²) in [5.74, 6) is -0.335. The molecule has 104 valence electrons. The van der Waals surface area contributed by atoms with Crippen LogP contribution < -0.4 is 5.32 Å². The zero-order chi connectivity index (χ0) is 14.1. The fraction of sp³-hybridized carbons (Fsp3) is 0.429. The molecule has 0 aliphatic heterocycles. The van der Waals surface area contributed by atoms with Crippen molar-refractivity contribution in [2.45, 2.75) is 32.9 Å². The minimum Gasteiger partial charge on any atom is -0.466 e. The van der Waals surface area contributed by atoms with Crippen LogP contribution in [-0.2, 0) is 20.9 Å². The molecule has 5 nitrogen and oxygen atoms in total. The number of esters is 1. The molecule has 0 radical (unpaired) electrons. The Kier molecular flexibility index (Phi) is 6.43. The van der Waals surface area contributed by atoms with E-state index in [1.54, 1.807) is 13.8 Å². The van der Waals surface area contributed by atoms with E-state index in [4.69, 9.17) is 9.47 Å². The zero-order valence-corrected chi connectivity index (χ0v) is 11.2. The van der Waals surface area contributed by atoms with E-state index < -0.39 is 6.09 Å². The van der Waals surface area contributed by atoms with Gasteiger partial charge in [-0.1, -0.05) is 30.3 Å². The van der Waals surface area contributed by atoms with Crippen LogP contribution in [0.15, 0.2) is 30.3 Å². The Labute approximate surface area is 112 Å². The third-order valence-corrected chi connectivity index (χ3v) is 2.36. The molecule has 0 spiro atoms. The summed E-state index contributed by atoms with van der Waals surface area (Å²) in [6, 6.07) is 9.07. The maximum Gasteiger partial charge on any atom is 0.407 e. The van der Waals surface area contributed by atoms with Crippen molar-refractivity contribution in [1.29, 1.82) is 0 Å². The van der Waals surface area contributed by atoms with Crippen molar-refractivity contribution in [3.8, 4) is 0 Å². The molecule has 0 aromatic heterocycles. The van der Waals surface area contributed by atoms with Gasteiger partial charge in [0.05, 0.1) is 13.0 Å². The Morgan fingerprint density at radius 2 is 1.89 bits per heavy atom. The first-order valence-corrected chi connectivity index (χ1v) is 6.24. The van der Waals surface area contributed by atoms with Crippen molar-refractivity contribution < 1.29 is 19.1 Å². The predicted molar refractivity (Wildman–Crippen MR) is 70.5 cm³/mol. The van der Waals surface area contributed by atoms with E-state index in [0.717, 1.165) is 5.56 Å². The molecule has 1 unspecified atom stereocenters. The quantitative estimate of drug-likeness (QED) is 0.801. The van der Waals surface area contributed by atoms with Gasteiger partial charge in [0.25, 0.3) is 0 Å². The lowest BCUT2D eigenvalue weighted by molar-refractivity contribution is -0.143. The zero-order valence-electron chi connectivity index (χ0n) is 11.2. The highest BCUT2D eigenvalue weighted by molar-refractivity contribution is 5.72. The van der Waals surface area contributed by atoms with Gasteiger partial charge in [-0.3, -0.25) is 4.79 Å². The lowest BCUT2D eigenvalue weighted by Gasteiger charge is -2.13. The molecule has 0 saturated carbocycles. The van der Waals surface area contributed by atoms with Crippen LogP contribution in [0.1, 0.15) is 25.8 Å². The Morgan fingerprint density at radius 1 is 1.21 bits per heavy atom. The Hall–Kier alpha value is -2.04. The van der Waals surface area contributed by atoms with Crippen LogP contribution in [0.25, 0.3) is 0 Å². The molecule has 1 atom stereocenters. The van der Waals surface area contributed by atoms with Gasteiger partial charge in [0, 0.05) is 6.04 Å². The van der Waals surface area contributed by atoms with Crippen LogP contribution in [0.4, 0.5) is 4.79 Å². The molecule has 1 N–H and O–H groups in total. The fourth-order valence-corrected chi connectivity index (χ4v) is 1.49. The third kappa shape index (κ3) is 6.45. The molecule has 0 bridgehead atoms. The average molecular weight is 265 g/mol. The van der Waals surface area contributed by atoms with Gasteiger partial charge in [-0.15, -0.1) is 0 Å². The summed E-state index contributed by atoms with van der Waals surface area (Å²) in [5.41, 5.74) is 0.913. The molecule has 5 heteroatoms. The number of hydrogen-bond acceptors (Lipinski definition) is 4. The highest BCUT2D eigenvalue weighted by Crippen LogP contribution is 2.01. The molecule has 1 aromatic carbocycles. The molecular weight excluding hydrogens is 246 g/mol. The number of ether oxygens (including phenoxy) is 2. The standard InChI is InChI=1S/C14H19NO4/c1-3-18-13(16)9-11(2)15-14(17)19-10-12-7-5-4-6-8-12/h4-8,11H,3,9-10H2,1-2H3,(H,15,17). The second-order valence-corrected chi connectivity index (χ2v) is 4.12. The maximum absolute atomic E-state index is 11.5. The lowest BCUT2D eigenvalue weighted by atomic mass is 10.2. The van der Waals surface area contributed by atoms with Crippen molar-refractivity contribution in [3.63, 3.8) is 0 Å². The molecule has 1 amide bonds. The van der Waals surface area contributed by atoms with Crippen LogP contribution in [0.3, 0.4) is 0 Å². The normalized spacial score (nSPS) is 11.5. The summed E-state index contributed by atoms with van der Waals surface area (Å²) in [6.07, 6.45) is -0.408. The molecule has 0 fully saturated rings. The van der Waals surface area contributed by atoms with E-state index in [2.05, 4.69) is 5.32 Å². The topological polar surface area (TPSA) is 64.6 Å². The van der Waals surface area contributed by atoms with Crippen molar-refractivity contribution >= 4 is 12.1 Å². The van der Waals surface area contributed by atoms with Gasteiger partial charge in [0.1, 0.15) is 6.61 Å². The van der Waals surface area contributed by atoms with Gasteiger partial charge in [-0.05, 0) is 19.4 Å². The predicted octanol–water partition coefficient (Wildman–Crippen LogP) is 2.25. The van der Waals surface area contributed by atoms with E-state index in [1.807, 2.05) is 30.3 Å². The summed E-state index contributed by atoms with van der Waals surface area (Å²) in [6.45, 7) is 4.01. The first-order valence-electron chi connectivity index (χ1n) is 6.24. The van der Waals surface area contributed by atoms with Gasteiger partial charge in [-0.2, -0.15) is 0 Å². The largest absolute Gasteiger partial charge is 0.466 e. The SMILES string of the molecule is CCOC(=O)CC(C)NC(=O)OCc1ccccc1. The number of carbonyl (C=O) groups excluding carboxylic acids is 2. The van der Waals surface area contributed by atoms with Gasteiger partial charge < -0.3 is 14.8 Å². The highest BCUT2D eigenvalue weighted by atomic mass is 16.5. The Balaban J connectivity index is 2.25. The number of carbonyl (C=O) groups is 2. The maximum atomic E-state index is 11.5. The van der Waals surface area contributed by atoms with Crippen LogP contribution in [0.5, 0.6) is 0 Å². The summed E-state index contributed by atoms with van der Waals surface area (Å²) in [7, 11) is 0. The van der Waals surface area contributed by atoms with E-state index in [1.165, 1.54) is 0 Å². The number of amides is 1. The van der Waals surface area contributed by atoms with E-state index in [0.29, 0.717) is 6.61 Å². The van der Waals surface area contributed by atoms with E-state index in [9.17, 15) is 9.59 Å². The monoisotopic (exact) mass is 265 g/mol. The minimum absolute atomic E-state index is 0.133. The van der Waals surface area contributed by atoms with E-state index in [-0.39, 0.29) is 25.0 Å². The first-order chi connectivity index (χ1) is 9.11. The first kappa shape index (κ1) is 15.0. The van der Waals surface area contributed by atoms with Crippen molar-refractivity contribution in [1.82, 2.24) is 5.32 Å². The molecular formula is C14H19NO4. The Bertz CT molecular complexity index is 405. The Morgan fingerprint density at radius 3 is 2.53 bits per heavy atom. The number of nitrogens with one attached hydrogen (secondary N) is 1. The van der Waals surface area contributed by atoms with Crippen LogP contribution >= 0.6 is 0 Å². The lowest BCUT2D eigenvalue weighted by Crippen LogP contribution is -2.34. The van der Waals surface area contributed by atoms with Gasteiger partial charge in [0.2, 0.25) is 0 Å². The molecule has 1 aromatic rings. The van der Waals surface area contributed by atoms with E-state index >= 15 is 0 Å². The van der Waals surface area contributed by atoms with Crippen molar-refractivity contribution in [2.75, 3.05) is 6.61 Å². The number of benzene rings is 1. The van der Waals surface area contributed by atoms with Crippen molar-refractivity contribution in [3.05, 3.63) is 35.9 Å². The second-order valence-electron chi connectivity index (χ2n) is 4.12. The van der Waals surface area contributed by atoms with Crippen LogP contribution in [0, 0.1) is 0 Å². The molecule has 0 saturated heterocycles. The van der Waals surface area contributed by atoms with Gasteiger partial charge in [-0.25, -0.2) is 4.79 Å². The summed E-state index contributed by atoms with van der Waals surface area (Å²) < 4.78 is 9.83. The van der Waals surface area contributed by atoms with Gasteiger partial charge in [0.15, 0.2) is 0 Å². The second kappa shape index (κ2) is 8.13. The number of hydrogen-bond donors (Lipinski definition) is 1. The van der Waals surface area contributed by atoms with Crippen LogP contribution in [-0.4, -0.2) is 24.7 Å². The highest BCUT2D eigenvalue weighted by Gasteiger charge is 2.13. The molecule has 0 heterocycles. The van der Waals surface area contributed by atoms with Crippen LogP contribution in [0.2, 0.25) is 0 Å². The summed E-state index contributed by atoms with van der Waals surface area (Å²) in [4.78, 5) is 22.7. The summed E-state index contributed by atoms with van der Waals surface area (Å²) in [5, 5.41) is 2.58. The smallest absolute Gasteiger partial charge is 0.407 e. The molecule has 19 heavy (non-hydrogen) atoms.